The second-order valence-electron chi connectivity index (χ2n) is 4.25. The Morgan fingerprint density at radius 3 is 2.47 bits per heavy atom. The van der Waals surface area contributed by atoms with Crippen LogP contribution in [-0.4, -0.2) is 21.6 Å². The summed E-state index contributed by atoms with van der Waals surface area (Å²) in [6.45, 7) is 6.12. The van der Waals surface area contributed by atoms with Crippen molar-refractivity contribution in [1.29, 1.82) is 0 Å². The molecule has 0 unspecified atom stereocenters. The fraction of sp³-hybridized carbons (Fsp3) is 0.500. The van der Waals surface area contributed by atoms with E-state index in [1.54, 1.807) is 11.3 Å². The number of carboxylic acid groups (broad SMARTS) is 1. The molecule has 1 N–H and O–H groups in total. The fourth-order valence-corrected chi connectivity index (χ4v) is 2.66. The molecular weight excluding hydrogens is 278 g/mol. The summed E-state index contributed by atoms with van der Waals surface area (Å²) in [4.78, 5) is 13.6. The standard InChI is InChI=1S/C10H14BrNO2S/c1-10(2,3)12(9(13)14)6-7-4-5-8(11)15-7/h4-5H,6H2,1-3H3,(H,13,14). The molecular formula is C10H14BrNO2S. The van der Waals surface area contributed by atoms with Gasteiger partial charge >= 0.3 is 6.09 Å². The van der Waals surface area contributed by atoms with Crippen molar-refractivity contribution in [3.05, 3.63) is 20.8 Å². The Labute approximate surface area is 102 Å². The minimum atomic E-state index is -0.882. The van der Waals surface area contributed by atoms with Crippen LogP contribution in [0.5, 0.6) is 0 Å². The second-order valence-corrected chi connectivity index (χ2v) is 6.79. The molecule has 0 aliphatic carbocycles. The first-order chi connectivity index (χ1) is 6.80. The van der Waals surface area contributed by atoms with Gasteiger partial charge in [0.1, 0.15) is 0 Å². The molecule has 0 fully saturated rings. The molecule has 1 rings (SSSR count). The summed E-state index contributed by atoms with van der Waals surface area (Å²) in [5.41, 5.74) is -0.373. The van der Waals surface area contributed by atoms with Gasteiger partial charge in [-0.05, 0) is 48.8 Å². The lowest BCUT2D eigenvalue weighted by Crippen LogP contribution is -2.44. The van der Waals surface area contributed by atoms with E-state index in [1.807, 2.05) is 32.9 Å². The Hall–Kier alpha value is -0.550. The van der Waals surface area contributed by atoms with Crippen LogP contribution in [0.3, 0.4) is 0 Å². The van der Waals surface area contributed by atoms with Crippen molar-refractivity contribution in [2.45, 2.75) is 32.9 Å². The third-order valence-electron chi connectivity index (χ3n) is 1.98. The topological polar surface area (TPSA) is 40.5 Å². The molecule has 5 heteroatoms. The van der Waals surface area contributed by atoms with Gasteiger partial charge in [-0.1, -0.05) is 0 Å². The van der Waals surface area contributed by atoms with Crippen molar-refractivity contribution in [3.63, 3.8) is 0 Å². The van der Waals surface area contributed by atoms with E-state index in [-0.39, 0.29) is 5.54 Å². The molecule has 0 spiro atoms. The molecule has 0 atom stereocenters. The SMILES string of the molecule is CC(C)(C)N(Cc1ccc(Br)s1)C(=O)O. The second kappa shape index (κ2) is 4.53. The van der Waals surface area contributed by atoms with Crippen molar-refractivity contribution in [3.8, 4) is 0 Å². The highest BCUT2D eigenvalue weighted by atomic mass is 79.9. The van der Waals surface area contributed by atoms with Gasteiger partial charge in [-0.2, -0.15) is 0 Å². The lowest BCUT2D eigenvalue weighted by molar-refractivity contribution is 0.0962. The Kier molecular flexibility index (Phi) is 3.78. The van der Waals surface area contributed by atoms with E-state index >= 15 is 0 Å². The van der Waals surface area contributed by atoms with Crippen LogP contribution in [0.2, 0.25) is 0 Å². The first-order valence-corrected chi connectivity index (χ1v) is 6.16. The third-order valence-corrected chi connectivity index (χ3v) is 3.59. The smallest absolute Gasteiger partial charge is 0.408 e. The highest BCUT2D eigenvalue weighted by Crippen LogP contribution is 2.25. The maximum absolute atomic E-state index is 11.1. The summed E-state index contributed by atoms with van der Waals surface area (Å²) in [5.74, 6) is 0. The lowest BCUT2D eigenvalue weighted by Gasteiger charge is -2.32. The number of halogens is 1. The zero-order valence-electron chi connectivity index (χ0n) is 8.95. The highest BCUT2D eigenvalue weighted by molar-refractivity contribution is 9.11. The van der Waals surface area contributed by atoms with Crippen molar-refractivity contribution in [2.75, 3.05) is 0 Å². The van der Waals surface area contributed by atoms with E-state index in [9.17, 15) is 4.79 Å². The maximum Gasteiger partial charge on any atom is 0.408 e. The molecule has 1 aromatic rings. The van der Waals surface area contributed by atoms with Crippen molar-refractivity contribution >= 4 is 33.4 Å². The molecule has 1 heterocycles. The number of thiophene rings is 1. The first-order valence-electron chi connectivity index (χ1n) is 4.55. The number of carbonyl (C=O) groups is 1. The van der Waals surface area contributed by atoms with Crippen LogP contribution in [-0.2, 0) is 6.54 Å². The minimum Gasteiger partial charge on any atom is -0.465 e. The van der Waals surface area contributed by atoms with Gasteiger partial charge in [0.2, 0.25) is 0 Å². The predicted octanol–water partition coefficient (Wildman–Crippen LogP) is 3.79. The van der Waals surface area contributed by atoms with Crippen LogP contribution < -0.4 is 0 Å². The number of hydrogen-bond acceptors (Lipinski definition) is 2. The van der Waals surface area contributed by atoms with E-state index in [0.717, 1.165) is 8.66 Å². The highest BCUT2D eigenvalue weighted by Gasteiger charge is 2.26. The zero-order chi connectivity index (χ0) is 11.6. The van der Waals surface area contributed by atoms with Gasteiger partial charge in [0, 0.05) is 10.4 Å². The Balaban J connectivity index is 2.81. The van der Waals surface area contributed by atoms with Crippen molar-refractivity contribution in [1.82, 2.24) is 4.90 Å². The fourth-order valence-electron chi connectivity index (χ4n) is 1.18. The van der Waals surface area contributed by atoms with Crippen LogP contribution in [0.15, 0.2) is 15.9 Å². The molecule has 1 amide bonds. The van der Waals surface area contributed by atoms with Crippen LogP contribution in [0.4, 0.5) is 4.79 Å². The van der Waals surface area contributed by atoms with Gasteiger partial charge in [-0.25, -0.2) is 4.79 Å². The molecule has 15 heavy (non-hydrogen) atoms. The summed E-state index contributed by atoms with van der Waals surface area (Å²) in [6, 6.07) is 3.87. The van der Waals surface area contributed by atoms with Crippen LogP contribution in [0.1, 0.15) is 25.6 Å². The molecule has 0 saturated carbocycles. The third kappa shape index (κ3) is 3.50. The summed E-state index contributed by atoms with van der Waals surface area (Å²) in [6.07, 6.45) is -0.882. The van der Waals surface area contributed by atoms with Gasteiger partial charge in [-0.15, -0.1) is 11.3 Å². The first kappa shape index (κ1) is 12.5. The lowest BCUT2D eigenvalue weighted by atomic mass is 10.1. The largest absolute Gasteiger partial charge is 0.465 e. The van der Waals surface area contributed by atoms with Gasteiger partial charge in [0.15, 0.2) is 0 Å². The monoisotopic (exact) mass is 291 g/mol. The molecule has 0 aliphatic rings. The predicted molar refractivity (Wildman–Crippen MR) is 65.3 cm³/mol. The van der Waals surface area contributed by atoms with Gasteiger partial charge in [0.25, 0.3) is 0 Å². The minimum absolute atomic E-state index is 0.373. The van der Waals surface area contributed by atoms with Crippen molar-refractivity contribution in [2.24, 2.45) is 0 Å². The van der Waals surface area contributed by atoms with Crippen LogP contribution >= 0.6 is 27.3 Å². The molecule has 84 valence electrons. The summed E-state index contributed by atoms with van der Waals surface area (Å²) in [5, 5.41) is 9.10. The average Bonchev–Trinajstić information content (AvgIpc) is 2.44. The van der Waals surface area contributed by atoms with Crippen LogP contribution in [0.25, 0.3) is 0 Å². The average molecular weight is 292 g/mol. The van der Waals surface area contributed by atoms with Gasteiger partial charge in [0.05, 0.1) is 10.3 Å². The Morgan fingerprint density at radius 1 is 1.53 bits per heavy atom. The Morgan fingerprint density at radius 2 is 2.13 bits per heavy atom. The van der Waals surface area contributed by atoms with E-state index in [1.165, 1.54) is 4.90 Å². The number of amides is 1. The van der Waals surface area contributed by atoms with E-state index in [2.05, 4.69) is 15.9 Å². The zero-order valence-corrected chi connectivity index (χ0v) is 11.4. The van der Waals surface area contributed by atoms with Crippen LogP contribution in [0, 0.1) is 0 Å². The quantitative estimate of drug-likeness (QED) is 0.901. The normalized spacial score (nSPS) is 11.5. The molecule has 3 nitrogen and oxygen atoms in total. The Bertz CT molecular complexity index is 357. The summed E-state index contributed by atoms with van der Waals surface area (Å²) >= 11 is 4.92. The molecule has 0 aromatic carbocycles. The molecule has 0 aliphatic heterocycles. The number of hydrogen-bond donors (Lipinski definition) is 1. The molecule has 0 radical (unpaired) electrons. The summed E-state index contributed by atoms with van der Waals surface area (Å²) in [7, 11) is 0. The maximum atomic E-state index is 11.1. The van der Waals surface area contributed by atoms with Gasteiger partial charge in [-0.3, -0.25) is 4.90 Å². The van der Waals surface area contributed by atoms with E-state index in [0.29, 0.717) is 6.54 Å². The van der Waals surface area contributed by atoms with E-state index < -0.39 is 6.09 Å². The summed E-state index contributed by atoms with van der Waals surface area (Å²) < 4.78 is 1.02. The molecule has 0 bridgehead atoms. The van der Waals surface area contributed by atoms with Crippen molar-refractivity contribution < 1.29 is 9.90 Å². The van der Waals surface area contributed by atoms with E-state index in [4.69, 9.17) is 5.11 Å². The number of rotatable bonds is 2. The number of nitrogens with zero attached hydrogens (tertiary/aromatic N) is 1. The van der Waals surface area contributed by atoms with Gasteiger partial charge < -0.3 is 5.11 Å². The molecule has 1 aromatic heterocycles. The molecule has 0 saturated heterocycles.